The second-order valence-corrected chi connectivity index (χ2v) is 19.2. The van der Waals surface area contributed by atoms with Gasteiger partial charge >= 0.3 is 17.9 Å². The van der Waals surface area contributed by atoms with E-state index < -0.39 is 12.1 Å². The fourth-order valence-electron chi connectivity index (χ4n) is 7.65. The molecule has 0 spiro atoms. The number of esters is 3. The summed E-state index contributed by atoms with van der Waals surface area (Å²) in [7, 11) is 0. The molecule has 0 amide bonds. The van der Waals surface area contributed by atoms with Crippen molar-refractivity contribution in [1.29, 1.82) is 0 Å². The molecule has 0 heterocycles. The van der Waals surface area contributed by atoms with E-state index in [1.807, 2.05) is 6.08 Å². The first kappa shape index (κ1) is 70.0. The molecule has 0 fully saturated rings. The average molecular weight is 1030 g/mol. The van der Waals surface area contributed by atoms with Crippen LogP contribution in [-0.2, 0) is 28.6 Å². The number of hydrogen-bond acceptors (Lipinski definition) is 6. The molecule has 0 radical (unpaired) electrons. The average Bonchev–Trinajstić information content (AvgIpc) is 3.41. The van der Waals surface area contributed by atoms with Gasteiger partial charge in [-0.2, -0.15) is 0 Å². The molecule has 0 N–H and O–H groups in total. The van der Waals surface area contributed by atoms with Crippen molar-refractivity contribution in [2.45, 2.75) is 245 Å². The van der Waals surface area contributed by atoms with Gasteiger partial charge in [0.25, 0.3) is 0 Å². The highest BCUT2D eigenvalue weighted by Gasteiger charge is 2.19. The summed E-state index contributed by atoms with van der Waals surface area (Å²) in [4.78, 5) is 38.0. The van der Waals surface area contributed by atoms with Crippen molar-refractivity contribution in [3.63, 3.8) is 0 Å². The van der Waals surface area contributed by atoms with Gasteiger partial charge in [0.05, 0.1) is 6.42 Å². The van der Waals surface area contributed by atoms with E-state index in [1.165, 1.54) is 64.2 Å². The molecular formula is C69H108O6. The van der Waals surface area contributed by atoms with Crippen molar-refractivity contribution in [3.8, 4) is 0 Å². The third-order valence-corrected chi connectivity index (χ3v) is 12.1. The molecule has 0 bridgehead atoms. The van der Waals surface area contributed by atoms with Crippen LogP contribution < -0.4 is 0 Å². The molecule has 1 unspecified atom stereocenters. The number of ether oxygens (including phenoxy) is 3. The van der Waals surface area contributed by atoms with Crippen molar-refractivity contribution < 1.29 is 28.6 Å². The van der Waals surface area contributed by atoms with E-state index in [0.717, 1.165) is 128 Å². The van der Waals surface area contributed by atoms with Gasteiger partial charge in [-0.05, 0) is 109 Å². The van der Waals surface area contributed by atoms with Crippen LogP contribution >= 0.6 is 0 Å². The first-order valence-corrected chi connectivity index (χ1v) is 30.0. The minimum absolute atomic E-state index is 0.0879. The second kappa shape index (κ2) is 61.6. The highest BCUT2D eigenvalue weighted by molar-refractivity contribution is 5.72. The third-order valence-electron chi connectivity index (χ3n) is 12.1. The van der Waals surface area contributed by atoms with Crippen molar-refractivity contribution in [1.82, 2.24) is 0 Å². The van der Waals surface area contributed by atoms with Gasteiger partial charge in [0.2, 0.25) is 0 Å². The summed E-state index contributed by atoms with van der Waals surface area (Å²) in [6.07, 6.45) is 89.9. The Bertz CT molecular complexity index is 1710. The Morgan fingerprint density at radius 3 is 0.880 bits per heavy atom. The lowest BCUT2D eigenvalue weighted by Crippen LogP contribution is -2.30. The molecule has 0 aromatic heterocycles. The monoisotopic (exact) mass is 1030 g/mol. The maximum atomic E-state index is 12.8. The smallest absolute Gasteiger partial charge is 0.310 e. The van der Waals surface area contributed by atoms with Gasteiger partial charge in [0, 0.05) is 12.8 Å². The standard InChI is InChI=1S/C69H108O6/c1-4-7-10-13-16-19-22-24-26-27-28-29-30-31-32-33-34-35-36-37-38-39-40-41-43-44-47-50-53-56-59-62-68(71)74-65-66(64-73-67(70)61-58-55-52-49-46-21-18-15-12-9-6-3)75-69(72)63-60-57-54-51-48-45-42-25-23-20-17-14-11-8-5-2/h7-8,10-11,16-17,19-20,24-26,28-29,31-32,34-35,37-38,40-42,48,51,57,60,66H,4-6,9,12-15,18,21-23,27,30,33,36,39,43-47,49-50,52-56,58-59,61-65H2,1-3H3/b10-7-,11-8-,19-16-,20-17-,26-24-,29-28-,32-31-,35-34-,38-37-,41-40-,42-25-,51-48-,60-57-. The van der Waals surface area contributed by atoms with Gasteiger partial charge in [-0.15, -0.1) is 0 Å². The van der Waals surface area contributed by atoms with Gasteiger partial charge in [-0.25, -0.2) is 0 Å². The molecule has 0 saturated carbocycles. The van der Waals surface area contributed by atoms with E-state index >= 15 is 0 Å². The Kier molecular flexibility index (Phi) is 57.5. The zero-order valence-electron chi connectivity index (χ0n) is 48.0. The SMILES string of the molecule is CC/C=C\C/C=C\C/C=C\C/C=C\C/C=C\C/C=C\C/C=C\C/C=C\CCCCCCCCC(=O)OCC(COC(=O)CCCCCCCCCCCCC)OC(=O)C/C=C\C/C=C\C/C=C\C/C=C\C/C=C\CC. The zero-order valence-corrected chi connectivity index (χ0v) is 48.0. The molecule has 0 aliphatic carbocycles. The highest BCUT2D eigenvalue weighted by atomic mass is 16.6. The summed E-state index contributed by atoms with van der Waals surface area (Å²) >= 11 is 0. The highest BCUT2D eigenvalue weighted by Crippen LogP contribution is 2.14. The Hall–Kier alpha value is -4.97. The molecular weight excluding hydrogens is 925 g/mol. The molecule has 75 heavy (non-hydrogen) atoms. The number of allylic oxidation sites excluding steroid dienone is 25. The van der Waals surface area contributed by atoms with Gasteiger partial charge < -0.3 is 14.2 Å². The van der Waals surface area contributed by atoms with Gasteiger partial charge in [0.1, 0.15) is 13.2 Å². The summed E-state index contributed by atoms with van der Waals surface area (Å²) < 4.78 is 16.7. The zero-order chi connectivity index (χ0) is 54.3. The number of carbonyl (C=O) groups excluding carboxylic acids is 3. The quantitative estimate of drug-likeness (QED) is 0.0261. The second-order valence-electron chi connectivity index (χ2n) is 19.2. The van der Waals surface area contributed by atoms with E-state index in [2.05, 4.69) is 167 Å². The number of rotatable bonds is 52. The van der Waals surface area contributed by atoms with E-state index in [-0.39, 0.29) is 31.6 Å². The van der Waals surface area contributed by atoms with Crippen LogP contribution in [0.1, 0.15) is 239 Å². The van der Waals surface area contributed by atoms with Crippen LogP contribution in [-0.4, -0.2) is 37.2 Å². The van der Waals surface area contributed by atoms with E-state index in [4.69, 9.17) is 14.2 Å². The summed E-state index contributed by atoms with van der Waals surface area (Å²) in [6, 6.07) is 0. The van der Waals surface area contributed by atoms with Crippen LogP contribution in [0.25, 0.3) is 0 Å². The van der Waals surface area contributed by atoms with E-state index in [1.54, 1.807) is 6.08 Å². The van der Waals surface area contributed by atoms with E-state index in [9.17, 15) is 14.4 Å². The van der Waals surface area contributed by atoms with Crippen LogP contribution in [0.4, 0.5) is 0 Å². The molecule has 1 atom stereocenters. The fourth-order valence-corrected chi connectivity index (χ4v) is 7.65. The van der Waals surface area contributed by atoms with Crippen molar-refractivity contribution in [3.05, 3.63) is 158 Å². The Labute approximate surface area is 460 Å². The Morgan fingerprint density at radius 2 is 0.560 bits per heavy atom. The normalized spacial score (nSPS) is 13.3. The minimum Gasteiger partial charge on any atom is -0.462 e. The summed E-state index contributed by atoms with van der Waals surface area (Å²) in [5.74, 6) is -1.08. The van der Waals surface area contributed by atoms with Crippen molar-refractivity contribution in [2.24, 2.45) is 0 Å². The molecule has 420 valence electrons. The third kappa shape index (κ3) is 59.8. The molecule has 0 aliphatic rings. The maximum absolute atomic E-state index is 12.8. The first-order valence-electron chi connectivity index (χ1n) is 30.0. The summed E-state index contributed by atoms with van der Waals surface area (Å²) in [5, 5.41) is 0. The van der Waals surface area contributed by atoms with Crippen LogP contribution in [0, 0.1) is 0 Å². The van der Waals surface area contributed by atoms with Crippen LogP contribution in [0.5, 0.6) is 0 Å². The number of hydrogen-bond donors (Lipinski definition) is 0. The van der Waals surface area contributed by atoms with E-state index in [0.29, 0.717) is 19.3 Å². The van der Waals surface area contributed by atoms with Gasteiger partial charge in [-0.3, -0.25) is 14.4 Å². The largest absolute Gasteiger partial charge is 0.462 e. The molecule has 0 rings (SSSR count). The van der Waals surface area contributed by atoms with Crippen molar-refractivity contribution >= 4 is 17.9 Å². The van der Waals surface area contributed by atoms with Crippen LogP contribution in [0.15, 0.2) is 158 Å². The lowest BCUT2D eigenvalue weighted by atomic mass is 10.1. The van der Waals surface area contributed by atoms with Gasteiger partial charge in [0.15, 0.2) is 6.10 Å². The number of carbonyl (C=O) groups is 3. The topological polar surface area (TPSA) is 78.9 Å². The maximum Gasteiger partial charge on any atom is 0.310 e. The Morgan fingerprint density at radius 1 is 0.293 bits per heavy atom. The lowest BCUT2D eigenvalue weighted by Gasteiger charge is -2.18. The lowest BCUT2D eigenvalue weighted by molar-refractivity contribution is -0.166. The predicted octanol–water partition coefficient (Wildman–Crippen LogP) is 20.5. The fraction of sp³-hybridized carbons (Fsp3) is 0.580. The Balaban J connectivity index is 4.38. The molecule has 0 aliphatic heterocycles. The molecule has 0 aromatic carbocycles. The summed E-state index contributed by atoms with van der Waals surface area (Å²) in [5.41, 5.74) is 0. The molecule has 0 saturated heterocycles. The van der Waals surface area contributed by atoms with Crippen molar-refractivity contribution in [2.75, 3.05) is 13.2 Å². The minimum atomic E-state index is -0.844. The van der Waals surface area contributed by atoms with Crippen LogP contribution in [0.2, 0.25) is 0 Å². The molecule has 6 heteroatoms. The van der Waals surface area contributed by atoms with Gasteiger partial charge in [-0.1, -0.05) is 269 Å². The summed E-state index contributed by atoms with van der Waals surface area (Å²) in [6.45, 7) is 6.29. The first-order chi connectivity index (χ1) is 37.0. The number of unbranched alkanes of at least 4 members (excludes halogenated alkanes) is 16. The molecule has 0 aromatic rings. The van der Waals surface area contributed by atoms with Crippen LogP contribution in [0.3, 0.4) is 0 Å². The molecule has 6 nitrogen and oxygen atoms in total. The predicted molar refractivity (Wildman–Crippen MR) is 325 cm³/mol.